The number of halogens is 1. The van der Waals surface area contributed by atoms with Crippen molar-refractivity contribution >= 4 is 11.8 Å². The van der Waals surface area contributed by atoms with E-state index in [1.54, 1.807) is 36.5 Å². The number of ether oxygens (including phenoxy) is 4. The maximum atomic E-state index is 14.8. The second-order valence-corrected chi connectivity index (χ2v) is 11.2. The van der Waals surface area contributed by atoms with Crippen LogP contribution in [0, 0.1) is 18.7 Å². The van der Waals surface area contributed by atoms with E-state index >= 15 is 0 Å². The Kier molecular flexibility index (Phi) is 9.89. The molecule has 0 N–H and O–H groups in total. The number of aryl methyl sites for hydroxylation is 1. The molecule has 5 rings (SSSR count). The fourth-order valence-electron chi connectivity index (χ4n) is 4.86. The fraction of sp³-hybridized carbons (Fsp3) is 0.344. The van der Waals surface area contributed by atoms with E-state index in [4.69, 9.17) is 23.9 Å². The molecule has 8 nitrogen and oxygen atoms in total. The van der Waals surface area contributed by atoms with Gasteiger partial charge in [-0.1, -0.05) is 49.2 Å². The quantitative estimate of drug-likeness (QED) is 0.142. The second-order valence-electron chi connectivity index (χ2n) is 10.2. The summed E-state index contributed by atoms with van der Waals surface area (Å²) in [5.74, 6) is 1.48. The Labute approximate surface area is 248 Å². The van der Waals surface area contributed by atoms with E-state index in [1.165, 1.54) is 22.4 Å². The average molecular weight is 592 g/mol. The van der Waals surface area contributed by atoms with Gasteiger partial charge in [-0.25, -0.2) is 14.4 Å². The molecule has 1 aromatic carbocycles. The summed E-state index contributed by atoms with van der Waals surface area (Å²) in [6, 6.07) is 8.41. The number of hydrogen-bond acceptors (Lipinski definition) is 8. The van der Waals surface area contributed by atoms with E-state index in [1.807, 2.05) is 19.1 Å². The van der Waals surface area contributed by atoms with Crippen LogP contribution in [0.5, 0.6) is 11.5 Å². The van der Waals surface area contributed by atoms with Crippen molar-refractivity contribution in [3.8, 4) is 22.8 Å². The highest BCUT2D eigenvalue weighted by Crippen LogP contribution is 2.33. The lowest BCUT2D eigenvalue weighted by Crippen LogP contribution is -2.23. The molecule has 0 spiro atoms. The molecule has 2 aliphatic heterocycles. The first kappa shape index (κ1) is 29.8. The monoisotopic (exact) mass is 591 g/mol. The first-order valence-electron chi connectivity index (χ1n) is 13.8. The Morgan fingerprint density at radius 3 is 2.88 bits per heavy atom. The van der Waals surface area contributed by atoms with Gasteiger partial charge in [0.2, 0.25) is 6.79 Å². The van der Waals surface area contributed by atoms with E-state index < -0.39 is 11.4 Å². The molecule has 0 aliphatic carbocycles. The van der Waals surface area contributed by atoms with Gasteiger partial charge in [-0.3, -0.25) is 4.79 Å². The van der Waals surface area contributed by atoms with Crippen molar-refractivity contribution in [3.63, 3.8) is 0 Å². The molecule has 3 aromatic rings. The highest BCUT2D eigenvalue weighted by molar-refractivity contribution is 7.99. The molecule has 220 valence electrons. The van der Waals surface area contributed by atoms with Crippen LogP contribution in [-0.2, 0) is 16.0 Å². The van der Waals surface area contributed by atoms with Crippen molar-refractivity contribution in [3.05, 3.63) is 101 Å². The van der Waals surface area contributed by atoms with Crippen LogP contribution in [-0.4, -0.2) is 53.0 Å². The normalized spacial score (nSPS) is 16.9. The molecule has 2 atom stereocenters. The average Bonchev–Trinajstić information content (AvgIpc) is 3.68. The van der Waals surface area contributed by atoms with Gasteiger partial charge in [-0.15, -0.1) is 0 Å². The van der Waals surface area contributed by atoms with Gasteiger partial charge in [-0.05, 0) is 55.2 Å². The van der Waals surface area contributed by atoms with Crippen LogP contribution in [0.25, 0.3) is 11.3 Å². The van der Waals surface area contributed by atoms with E-state index in [2.05, 4.69) is 18.1 Å². The minimum Gasteiger partial charge on any atom is -0.454 e. The van der Waals surface area contributed by atoms with Gasteiger partial charge in [-0.2, -0.15) is 0 Å². The van der Waals surface area contributed by atoms with Crippen LogP contribution in [0.15, 0.2) is 83.4 Å². The summed E-state index contributed by atoms with van der Waals surface area (Å²) in [5, 5.41) is 0.565. The molecular weight excluding hydrogens is 557 g/mol. The summed E-state index contributed by atoms with van der Waals surface area (Å²) in [4.78, 5) is 21.9. The molecule has 42 heavy (non-hydrogen) atoms. The molecule has 2 aromatic heterocycles. The van der Waals surface area contributed by atoms with Crippen molar-refractivity contribution in [2.75, 3.05) is 32.4 Å². The van der Waals surface area contributed by atoms with Gasteiger partial charge < -0.3 is 23.5 Å². The molecule has 2 aliphatic rings. The topological polar surface area (TPSA) is 84.7 Å². The smallest absolute Gasteiger partial charge is 0.286 e. The molecule has 1 saturated heterocycles. The number of thioether (sulfide) groups is 1. The van der Waals surface area contributed by atoms with Crippen molar-refractivity contribution in [1.29, 1.82) is 0 Å². The third-order valence-corrected chi connectivity index (χ3v) is 7.93. The lowest BCUT2D eigenvalue weighted by atomic mass is 10.1. The lowest BCUT2D eigenvalue weighted by molar-refractivity contribution is 0.0466. The number of nitrogens with zero attached hydrogens (tertiary/aromatic N) is 3. The number of allylic oxidation sites excluding steroid dienone is 2. The van der Waals surface area contributed by atoms with Crippen molar-refractivity contribution in [2.24, 2.45) is 5.92 Å². The Balaban J connectivity index is 1.30. The SMILES string of the molecule is C=C/C=C(\C=C)C(CCSc1nc(C)cc(-c2cc(F)c(=O)n(Cc3ccc4c(c3)OCO4)c2)n1)OCC1CCOC1. The number of rotatable bonds is 13. The third kappa shape index (κ3) is 7.36. The molecular formula is C32H34FN3O5S. The number of fused-ring (bicyclic) bond motifs is 1. The van der Waals surface area contributed by atoms with Crippen LogP contribution in [0.2, 0.25) is 0 Å². The first-order valence-corrected chi connectivity index (χ1v) is 14.8. The maximum Gasteiger partial charge on any atom is 0.286 e. The summed E-state index contributed by atoms with van der Waals surface area (Å²) in [5.41, 5.74) is 2.81. The Bertz CT molecular complexity index is 1530. The van der Waals surface area contributed by atoms with Gasteiger partial charge in [0.15, 0.2) is 22.5 Å². The molecule has 1 fully saturated rings. The molecule has 10 heteroatoms. The number of pyridine rings is 1. The number of hydrogen-bond donors (Lipinski definition) is 0. The van der Waals surface area contributed by atoms with E-state index in [9.17, 15) is 9.18 Å². The zero-order valence-electron chi connectivity index (χ0n) is 23.6. The van der Waals surface area contributed by atoms with Gasteiger partial charge in [0.25, 0.3) is 5.56 Å². The Morgan fingerprint density at radius 1 is 1.24 bits per heavy atom. The molecule has 0 radical (unpaired) electrons. The predicted octanol–water partition coefficient (Wildman–Crippen LogP) is 5.73. The van der Waals surface area contributed by atoms with Crippen LogP contribution in [0.3, 0.4) is 0 Å². The van der Waals surface area contributed by atoms with Crippen molar-refractivity contribution in [1.82, 2.24) is 14.5 Å². The van der Waals surface area contributed by atoms with Gasteiger partial charge in [0.1, 0.15) is 0 Å². The molecule has 2 unspecified atom stereocenters. The summed E-state index contributed by atoms with van der Waals surface area (Å²) in [6.45, 7) is 12.1. The number of aromatic nitrogens is 3. The van der Waals surface area contributed by atoms with E-state index in [0.717, 1.165) is 36.5 Å². The third-order valence-electron chi connectivity index (χ3n) is 7.05. The maximum absolute atomic E-state index is 14.8. The lowest BCUT2D eigenvalue weighted by Gasteiger charge is -2.21. The number of benzene rings is 1. The minimum absolute atomic E-state index is 0.147. The van der Waals surface area contributed by atoms with Gasteiger partial charge in [0.05, 0.1) is 31.6 Å². The highest BCUT2D eigenvalue weighted by atomic mass is 32.2. The minimum atomic E-state index is -0.850. The van der Waals surface area contributed by atoms with Crippen LogP contribution < -0.4 is 15.0 Å². The standard InChI is InChI=1S/C32H34FN3O5S/c1-4-6-24(5-2)28(39-19-23-9-11-38-18-23)10-12-42-32-34-21(3)13-27(35-32)25-15-26(33)31(37)36(17-25)16-22-7-8-29-30(14-22)41-20-40-29/h4-8,13-15,17,23,28H,1-2,9-12,16,18-20H2,3H3/b24-6+. The summed E-state index contributed by atoms with van der Waals surface area (Å²) in [6.07, 6.45) is 8.65. The predicted molar refractivity (Wildman–Crippen MR) is 161 cm³/mol. The summed E-state index contributed by atoms with van der Waals surface area (Å²) < 4.78 is 38.7. The summed E-state index contributed by atoms with van der Waals surface area (Å²) in [7, 11) is 0. The van der Waals surface area contributed by atoms with Crippen molar-refractivity contribution < 1.29 is 23.3 Å². The van der Waals surface area contributed by atoms with Gasteiger partial charge >= 0.3 is 0 Å². The Morgan fingerprint density at radius 2 is 2.10 bits per heavy atom. The molecule has 0 bridgehead atoms. The highest BCUT2D eigenvalue weighted by Gasteiger charge is 2.20. The molecule has 4 heterocycles. The molecule has 0 amide bonds. The van der Waals surface area contributed by atoms with E-state index in [0.29, 0.717) is 52.6 Å². The Hall–Kier alpha value is -3.73. The van der Waals surface area contributed by atoms with E-state index in [-0.39, 0.29) is 19.4 Å². The van der Waals surface area contributed by atoms with Gasteiger partial charge in [0, 0.05) is 35.7 Å². The summed E-state index contributed by atoms with van der Waals surface area (Å²) >= 11 is 1.50. The van der Waals surface area contributed by atoms with Crippen molar-refractivity contribution in [2.45, 2.75) is 37.6 Å². The molecule has 0 saturated carbocycles. The first-order chi connectivity index (χ1) is 20.4. The second kappa shape index (κ2) is 14.0. The largest absolute Gasteiger partial charge is 0.454 e. The zero-order valence-corrected chi connectivity index (χ0v) is 24.4. The van der Waals surface area contributed by atoms with Crippen LogP contribution in [0.4, 0.5) is 4.39 Å². The zero-order chi connectivity index (χ0) is 29.5. The fourth-order valence-corrected chi connectivity index (χ4v) is 5.75. The van der Waals surface area contributed by atoms with Crippen LogP contribution >= 0.6 is 11.8 Å². The van der Waals surface area contributed by atoms with Crippen LogP contribution in [0.1, 0.15) is 24.1 Å².